The number of esters is 1. The van der Waals surface area contributed by atoms with Crippen molar-refractivity contribution < 1.29 is 9.53 Å². The largest absolute Gasteiger partial charge is 0.462 e. The number of ether oxygens (including phenoxy) is 1. The van der Waals surface area contributed by atoms with Gasteiger partial charge in [0.15, 0.2) is 0 Å². The first-order chi connectivity index (χ1) is 14.2. The lowest BCUT2D eigenvalue weighted by Gasteiger charge is -2.08. The summed E-state index contributed by atoms with van der Waals surface area (Å²) < 4.78 is 6.75. The molecule has 0 N–H and O–H groups in total. The highest BCUT2D eigenvalue weighted by Gasteiger charge is 2.13. The first-order valence-electron chi connectivity index (χ1n) is 9.45. The Morgan fingerprint density at radius 1 is 1.10 bits per heavy atom. The second-order valence-corrected chi connectivity index (χ2v) is 7.56. The molecule has 0 fully saturated rings. The normalized spacial score (nSPS) is 10.9. The van der Waals surface area contributed by atoms with Crippen LogP contribution in [0, 0.1) is 0 Å². The van der Waals surface area contributed by atoms with E-state index in [1.54, 1.807) is 23.0 Å². The van der Waals surface area contributed by atoms with Gasteiger partial charge in [-0.2, -0.15) is 0 Å². The number of hydrogen-bond acceptors (Lipinski definition) is 5. The van der Waals surface area contributed by atoms with Gasteiger partial charge in [0.1, 0.15) is 4.83 Å². The van der Waals surface area contributed by atoms with E-state index >= 15 is 0 Å². The molecule has 0 saturated carbocycles. The van der Waals surface area contributed by atoms with Crippen molar-refractivity contribution in [3.8, 4) is 11.1 Å². The molecule has 0 aliphatic heterocycles. The van der Waals surface area contributed by atoms with Gasteiger partial charge in [-0.1, -0.05) is 49.4 Å². The van der Waals surface area contributed by atoms with E-state index in [-0.39, 0.29) is 11.5 Å². The highest BCUT2D eigenvalue weighted by Crippen LogP contribution is 2.30. The molecule has 0 bridgehead atoms. The van der Waals surface area contributed by atoms with E-state index in [2.05, 4.69) is 4.98 Å². The highest BCUT2D eigenvalue weighted by atomic mass is 32.1. The van der Waals surface area contributed by atoms with E-state index in [0.717, 1.165) is 27.9 Å². The number of thiophene rings is 1. The van der Waals surface area contributed by atoms with Crippen molar-refractivity contribution in [2.75, 3.05) is 6.61 Å². The number of aromatic nitrogens is 2. The fourth-order valence-corrected chi connectivity index (χ4v) is 4.04. The smallest absolute Gasteiger partial charge is 0.338 e. The fourth-order valence-electron chi connectivity index (χ4n) is 3.13. The molecule has 0 atom stereocenters. The molecular weight excluding hydrogens is 384 g/mol. The first kappa shape index (κ1) is 19.1. The van der Waals surface area contributed by atoms with Crippen LogP contribution >= 0.6 is 11.3 Å². The second kappa shape index (κ2) is 8.41. The lowest BCUT2D eigenvalue weighted by atomic mass is 10.1. The zero-order chi connectivity index (χ0) is 20.2. The molecule has 0 unspecified atom stereocenters. The summed E-state index contributed by atoms with van der Waals surface area (Å²) in [6.45, 7) is 2.75. The zero-order valence-corrected chi connectivity index (χ0v) is 16.8. The van der Waals surface area contributed by atoms with Crippen LogP contribution < -0.4 is 5.56 Å². The van der Waals surface area contributed by atoms with Crippen LogP contribution in [0.5, 0.6) is 0 Å². The van der Waals surface area contributed by atoms with Crippen molar-refractivity contribution in [3.05, 3.63) is 87.8 Å². The first-order valence-corrected chi connectivity index (χ1v) is 10.3. The molecule has 0 aliphatic rings. The van der Waals surface area contributed by atoms with Gasteiger partial charge in [0.05, 0.1) is 30.4 Å². The Kier molecular flexibility index (Phi) is 5.53. The minimum absolute atomic E-state index is 0.0680. The van der Waals surface area contributed by atoms with E-state index in [9.17, 15) is 9.59 Å². The third-order valence-electron chi connectivity index (χ3n) is 4.63. The molecule has 4 aromatic rings. The number of benzene rings is 2. The number of fused-ring (bicyclic) bond motifs is 1. The molecule has 29 heavy (non-hydrogen) atoms. The lowest BCUT2D eigenvalue weighted by molar-refractivity contribution is 0.0505. The van der Waals surface area contributed by atoms with E-state index in [1.807, 2.05) is 54.8 Å². The van der Waals surface area contributed by atoms with Crippen LogP contribution in [0.3, 0.4) is 0 Å². The van der Waals surface area contributed by atoms with Crippen molar-refractivity contribution in [2.24, 2.45) is 0 Å². The molecule has 5 nitrogen and oxygen atoms in total. The number of rotatable bonds is 6. The van der Waals surface area contributed by atoms with Crippen LogP contribution in [-0.4, -0.2) is 22.1 Å². The third-order valence-corrected chi connectivity index (χ3v) is 5.51. The Morgan fingerprint density at radius 3 is 2.59 bits per heavy atom. The van der Waals surface area contributed by atoms with Crippen molar-refractivity contribution in [2.45, 2.75) is 19.9 Å². The molecule has 0 saturated heterocycles. The minimum atomic E-state index is -0.329. The topological polar surface area (TPSA) is 61.2 Å². The van der Waals surface area contributed by atoms with Gasteiger partial charge in [-0.15, -0.1) is 11.3 Å². The number of carbonyl (C=O) groups excluding carboxylic acids is 1. The summed E-state index contributed by atoms with van der Waals surface area (Å²) in [6.07, 6.45) is 2.37. The molecule has 2 aromatic carbocycles. The molecule has 0 aliphatic carbocycles. The van der Waals surface area contributed by atoms with Gasteiger partial charge in [-0.25, -0.2) is 9.78 Å². The standard InChI is InChI=1S/C23H20N2O3S/c1-2-12-28-23(27)18-10-8-16(9-11-18)13-25-15-24-21-20(22(25)26)19(14-29-21)17-6-4-3-5-7-17/h3-11,14-15H,2,12-13H2,1H3. The van der Waals surface area contributed by atoms with E-state index in [4.69, 9.17) is 4.74 Å². The van der Waals surface area contributed by atoms with Gasteiger partial charge in [0, 0.05) is 10.9 Å². The SMILES string of the molecule is CCCOC(=O)c1ccc(Cn2cnc3scc(-c4ccccc4)c3c2=O)cc1. The Hall–Kier alpha value is -3.25. The van der Waals surface area contributed by atoms with Crippen LogP contribution in [0.15, 0.2) is 71.1 Å². The predicted octanol–water partition coefficient (Wildman–Crippen LogP) is 4.74. The maximum absolute atomic E-state index is 13.1. The minimum Gasteiger partial charge on any atom is -0.462 e. The maximum atomic E-state index is 13.1. The van der Waals surface area contributed by atoms with E-state index < -0.39 is 0 Å². The van der Waals surface area contributed by atoms with Gasteiger partial charge in [0.2, 0.25) is 0 Å². The number of nitrogens with zero attached hydrogens (tertiary/aromatic N) is 2. The van der Waals surface area contributed by atoms with Gasteiger partial charge in [-0.05, 0) is 29.7 Å². The summed E-state index contributed by atoms with van der Waals surface area (Å²) in [6, 6.07) is 17.0. The quantitative estimate of drug-likeness (QED) is 0.436. The van der Waals surface area contributed by atoms with Gasteiger partial charge >= 0.3 is 5.97 Å². The van der Waals surface area contributed by atoms with Gasteiger partial charge in [-0.3, -0.25) is 9.36 Å². The van der Waals surface area contributed by atoms with Crippen LogP contribution in [0.2, 0.25) is 0 Å². The molecular formula is C23H20N2O3S. The Balaban J connectivity index is 1.63. The van der Waals surface area contributed by atoms with Crippen molar-refractivity contribution in [1.82, 2.24) is 9.55 Å². The molecule has 6 heteroatoms. The summed E-state index contributed by atoms with van der Waals surface area (Å²) in [5.74, 6) is -0.329. The van der Waals surface area contributed by atoms with Crippen molar-refractivity contribution >= 4 is 27.5 Å². The molecule has 0 radical (unpaired) electrons. The molecule has 0 amide bonds. The summed E-state index contributed by atoms with van der Waals surface area (Å²) in [5.41, 5.74) is 3.27. The Labute approximate surface area is 172 Å². The van der Waals surface area contributed by atoms with Crippen LogP contribution in [-0.2, 0) is 11.3 Å². The van der Waals surface area contributed by atoms with Crippen molar-refractivity contribution in [1.29, 1.82) is 0 Å². The third kappa shape index (κ3) is 3.98. The number of hydrogen-bond donors (Lipinski definition) is 0. The molecule has 0 spiro atoms. The number of carbonyl (C=O) groups is 1. The average molecular weight is 404 g/mol. The maximum Gasteiger partial charge on any atom is 0.338 e. The predicted molar refractivity (Wildman–Crippen MR) is 115 cm³/mol. The highest BCUT2D eigenvalue weighted by molar-refractivity contribution is 7.17. The lowest BCUT2D eigenvalue weighted by Crippen LogP contribution is -2.21. The summed E-state index contributed by atoms with van der Waals surface area (Å²) in [4.78, 5) is 30.3. The fraction of sp³-hybridized carbons (Fsp3) is 0.174. The Morgan fingerprint density at radius 2 is 1.86 bits per heavy atom. The van der Waals surface area contributed by atoms with E-state index in [0.29, 0.717) is 24.1 Å². The van der Waals surface area contributed by atoms with Crippen LogP contribution in [0.25, 0.3) is 21.3 Å². The molecule has 2 heterocycles. The average Bonchev–Trinajstić information content (AvgIpc) is 3.20. The second-order valence-electron chi connectivity index (χ2n) is 6.71. The monoisotopic (exact) mass is 404 g/mol. The molecule has 4 rings (SSSR count). The van der Waals surface area contributed by atoms with E-state index in [1.165, 1.54) is 11.3 Å². The van der Waals surface area contributed by atoms with Gasteiger partial charge in [0.25, 0.3) is 5.56 Å². The Bertz CT molecular complexity index is 1190. The zero-order valence-electron chi connectivity index (χ0n) is 16.0. The van der Waals surface area contributed by atoms with Crippen molar-refractivity contribution in [3.63, 3.8) is 0 Å². The summed E-state index contributed by atoms with van der Waals surface area (Å²) >= 11 is 1.47. The summed E-state index contributed by atoms with van der Waals surface area (Å²) in [5, 5.41) is 2.62. The summed E-state index contributed by atoms with van der Waals surface area (Å²) in [7, 11) is 0. The van der Waals surface area contributed by atoms with Gasteiger partial charge < -0.3 is 4.74 Å². The van der Waals surface area contributed by atoms with Crippen LogP contribution in [0.4, 0.5) is 0 Å². The van der Waals surface area contributed by atoms with Crippen LogP contribution in [0.1, 0.15) is 29.3 Å². The molecule has 2 aromatic heterocycles. The molecule has 146 valence electrons.